The summed E-state index contributed by atoms with van der Waals surface area (Å²) < 4.78 is 38.4. The van der Waals surface area contributed by atoms with Gasteiger partial charge >= 0.3 is 23.0 Å². The molecule has 0 aliphatic carbocycles. The molecule has 31 nitrogen and oxygen atoms in total. The summed E-state index contributed by atoms with van der Waals surface area (Å²) in [5, 5.41) is 19.7. The molecule has 0 aliphatic rings. The molecular formula is C99H91N21O10S. The van der Waals surface area contributed by atoms with E-state index in [1.807, 2.05) is 179 Å². The molecule has 12 aromatic heterocycles. The molecule has 131 heavy (non-hydrogen) atoms. The van der Waals surface area contributed by atoms with Crippen LogP contribution in [0.25, 0.3) is 135 Å². The van der Waals surface area contributed by atoms with E-state index in [0.29, 0.717) is 68.1 Å². The van der Waals surface area contributed by atoms with Crippen molar-refractivity contribution in [2.45, 2.75) is 107 Å². The Bertz CT molecular complexity index is 7250. The zero-order chi connectivity index (χ0) is 91.1. The second kappa shape index (κ2) is 38.1. The maximum Gasteiger partial charge on any atom is 0.439 e. The van der Waals surface area contributed by atoms with Crippen LogP contribution in [0.4, 0.5) is 5.95 Å². The fourth-order valence-electron chi connectivity index (χ4n) is 16.1. The lowest BCUT2D eigenvalue weighted by Gasteiger charge is -2.11. The van der Waals surface area contributed by atoms with E-state index in [4.69, 9.17) is 38.9 Å². The smallest absolute Gasteiger partial charge is 0.439 e. The normalized spacial score (nSPS) is 11.3. The van der Waals surface area contributed by atoms with Crippen LogP contribution in [0.3, 0.4) is 0 Å². The number of nitrogens with one attached hydrogen (secondary N) is 5. The van der Waals surface area contributed by atoms with Crippen molar-refractivity contribution in [1.82, 2.24) is 98.7 Å². The molecule has 0 bridgehead atoms. The lowest BCUT2D eigenvalue weighted by molar-refractivity contribution is 0.301. The van der Waals surface area contributed by atoms with Crippen molar-refractivity contribution in [2.75, 3.05) is 31.3 Å². The molecule has 0 amide bonds. The van der Waals surface area contributed by atoms with Gasteiger partial charge < -0.3 is 14.8 Å². The maximum atomic E-state index is 11.4. The van der Waals surface area contributed by atoms with Gasteiger partial charge in [0.2, 0.25) is 5.95 Å². The molecule has 0 fully saturated rings. The lowest BCUT2D eigenvalue weighted by atomic mass is 9.98. The van der Waals surface area contributed by atoms with Crippen molar-refractivity contribution < 1.29 is 27.6 Å². The average Bonchev–Trinajstić information content (AvgIpc) is 1.64. The second-order valence-electron chi connectivity index (χ2n) is 31.3. The predicted molar refractivity (Wildman–Crippen MR) is 505 cm³/mol. The summed E-state index contributed by atoms with van der Waals surface area (Å²) in [6.07, 6.45) is 0. The number of aromatic amines is 4. The SMILES string of the molecule is CCNc1nc2c(C)cc(C)nc2n1Cc1ccc(-c2ccccc2-c2noc(=O)[nH]2)cc1.CCOc1nc2c(C)cc(C)nc2n1Cc1ccc(-c2ccccc2-c2noc(=O)[nH]2)cc1.CCSc1nc2c(C)cc(C)nc2n1Cc1ccc(-c2ccccc2-c2noc(=O)[nH]2)cc1.COc1nc2c(C)cc(C)nc2n1Cc1ccc(-c2ccccc2-c2noc(=O)[nH]2)cc1. The minimum atomic E-state index is -0.578. The Labute approximate surface area is 753 Å². The van der Waals surface area contributed by atoms with Gasteiger partial charge in [-0.1, -0.05) is 233 Å². The number of ether oxygens (including phenoxy) is 2. The first kappa shape index (κ1) is 86.9. The third-order valence-electron chi connectivity index (χ3n) is 22.0. The molecule has 12 heterocycles. The number of rotatable bonds is 23. The number of nitrogens with zero attached hydrogens (tertiary/aromatic N) is 16. The maximum absolute atomic E-state index is 11.4. The number of aromatic nitrogens is 20. The number of hydrogen-bond acceptors (Lipinski definition) is 24. The van der Waals surface area contributed by atoms with E-state index in [9.17, 15) is 19.2 Å². The van der Waals surface area contributed by atoms with Crippen LogP contribution in [-0.2, 0) is 26.2 Å². The van der Waals surface area contributed by atoms with Gasteiger partial charge in [0.05, 0.1) is 39.9 Å². The van der Waals surface area contributed by atoms with Crippen molar-refractivity contribution in [2.24, 2.45) is 0 Å². The van der Waals surface area contributed by atoms with Crippen molar-refractivity contribution >= 4 is 62.4 Å². The van der Waals surface area contributed by atoms with Crippen LogP contribution < -0.4 is 37.8 Å². The summed E-state index contributed by atoms with van der Waals surface area (Å²) >= 11 is 1.73. The van der Waals surface area contributed by atoms with Crippen molar-refractivity contribution in [3.8, 4) is 102 Å². The number of aryl methyl sites for hydroxylation is 8. The molecule has 20 rings (SSSR count). The van der Waals surface area contributed by atoms with Gasteiger partial charge in [-0.2, -0.15) is 9.97 Å². The third-order valence-corrected chi connectivity index (χ3v) is 22.8. The summed E-state index contributed by atoms with van der Waals surface area (Å²) in [4.78, 5) is 94.1. The molecule has 0 atom stereocenters. The van der Waals surface area contributed by atoms with Crippen molar-refractivity contribution in [1.29, 1.82) is 0 Å². The van der Waals surface area contributed by atoms with E-state index in [2.05, 4.69) is 208 Å². The first-order valence-corrected chi connectivity index (χ1v) is 43.5. The quantitative estimate of drug-likeness (QED) is 0.0371. The highest BCUT2D eigenvalue weighted by molar-refractivity contribution is 7.99. The number of imidazole rings is 4. The predicted octanol–water partition coefficient (Wildman–Crippen LogP) is 18.4. The molecule has 0 radical (unpaired) electrons. The van der Waals surface area contributed by atoms with E-state index in [-0.39, 0.29) is 0 Å². The topological polar surface area (TPSA) is 389 Å². The number of H-pyrrole nitrogens is 4. The van der Waals surface area contributed by atoms with Gasteiger partial charge in [-0.05, 0) is 188 Å². The highest BCUT2D eigenvalue weighted by Crippen LogP contribution is 2.38. The van der Waals surface area contributed by atoms with Crippen LogP contribution in [0, 0.1) is 55.4 Å². The fraction of sp³-hybridized carbons (Fsp3) is 0.192. The molecule has 5 N–H and O–H groups in total. The number of pyridine rings is 4. The molecule has 0 aliphatic heterocycles. The van der Waals surface area contributed by atoms with Crippen LogP contribution in [0.15, 0.2) is 261 Å². The van der Waals surface area contributed by atoms with E-state index in [0.717, 1.165) is 202 Å². The molecule has 32 heteroatoms. The van der Waals surface area contributed by atoms with Gasteiger partial charge in [0.15, 0.2) is 51.0 Å². The minimum Gasteiger partial charge on any atom is -0.468 e. The minimum absolute atomic E-state index is 0.404. The Morgan fingerprint density at radius 2 is 0.618 bits per heavy atom. The van der Waals surface area contributed by atoms with Crippen LogP contribution >= 0.6 is 11.8 Å². The number of hydrogen-bond donors (Lipinski definition) is 5. The molecule has 658 valence electrons. The van der Waals surface area contributed by atoms with Gasteiger partial charge in [0.25, 0.3) is 12.0 Å². The van der Waals surface area contributed by atoms with Gasteiger partial charge in [-0.15, -0.1) is 0 Å². The molecule has 0 unspecified atom stereocenters. The summed E-state index contributed by atoms with van der Waals surface area (Å²) in [7, 11) is 1.62. The number of methoxy groups -OCH3 is 1. The van der Waals surface area contributed by atoms with Gasteiger partial charge in [-0.3, -0.25) is 56.3 Å². The summed E-state index contributed by atoms with van der Waals surface area (Å²) in [5.74, 6) is 1.11. The average molecular weight is 1770 g/mol. The highest BCUT2D eigenvalue weighted by atomic mass is 32.2. The van der Waals surface area contributed by atoms with Gasteiger partial charge in [0.1, 0.15) is 22.1 Å². The van der Waals surface area contributed by atoms with E-state index in [1.54, 1.807) is 18.9 Å². The highest BCUT2D eigenvalue weighted by Gasteiger charge is 2.24. The van der Waals surface area contributed by atoms with E-state index >= 15 is 0 Å². The molecule has 8 aromatic carbocycles. The summed E-state index contributed by atoms with van der Waals surface area (Å²) in [6.45, 7) is 26.2. The standard InChI is InChI=1S/C25H24N6O2.C25H23N5O3.C25H23N5O2S.C24H21N5O3/c1-4-26-24-28-21-15(2)13-16(3)27-23(21)31(24)14-17-9-11-18(12-10-17)19-7-5-6-8-20(19)22-29-25(32)33-30-22;1-4-32-24-27-21-15(2)13-16(3)26-23(21)30(24)14-17-9-11-18(12-10-17)19-7-5-6-8-20(19)22-28-25(31)33-29-22;1-4-33-24-27-21-15(2)13-16(3)26-23(21)30(24)14-17-9-11-18(12-10-17)19-7-5-6-8-20(19)22-28-25(31)32-29-22;1-14-12-15(2)25-22-20(14)26-23(31-3)29(22)13-16-8-10-17(11-9-16)18-6-4-5-7-19(18)21-27-24(30)32-28-21/h5-13H,4,14H2,1-3H3,(H,26,28)(H,29,30,32);2*5-13H,4,14H2,1-3H3,(H,28,29,31);4-12H,13H2,1-3H3,(H,27,28,30). The third kappa shape index (κ3) is 18.8. The van der Waals surface area contributed by atoms with Crippen LogP contribution in [-0.4, -0.2) is 125 Å². The molecule has 20 aromatic rings. The Morgan fingerprint density at radius 1 is 0.336 bits per heavy atom. The van der Waals surface area contributed by atoms with Gasteiger partial charge in [-0.25, -0.2) is 49.1 Å². The Hall–Kier alpha value is -16.3. The Balaban J connectivity index is 0.000000122. The number of fused-ring (bicyclic) bond motifs is 4. The number of thioether (sulfide) groups is 1. The lowest BCUT2D eigenvalue weighted by Crippen LogP contribution is -2.08. The largest absolute Gasteiger partial charge is 0.468 e. The molecule has 0 saturated heterocycles. The van der Waals surface area contributed by atoms with Gasteiger partial charge in [0, 0.05) is 51.6 Å². The monoisotopic (exact) mass is 1770 g/mol. The van der Waals surface area contributed by atoms with Crippen LogP contribution in [0.2, 0.25) is 0 Å². The van der Waals surface area contributed by atoms with Crippen molar-refractivity contribution in [3.05, 3.63) is 328 Å². The Kier molecular flexibility index (Phi) is 25.3. The number of benzene rings is 8. The zero-order valence-corrected chi connectivity index (χ0v) is 74.7. The summed E-state index contributed by atoms with van der Waals surface area (Å²) in [6, 6.07) is 73.5. The van der Waals surface area contributed by atoms with Crippen LogP contribution in [0.1, 0.15) is 88.1 Å². The zero-order valence-electron chi connectivity index (χ0n) is 73.9. The van der Waals surface area contributed by atoms with Crippen LogP contribution in [0.5, 0.6) is 12.0 Å². The molecule has 0 saturated carbocycles. The Morgan fingerprint density at radius 3 is 0.924 bits per heavy atom. The fourth-order valence-corrected chi connectivity index (χ4v) is 16.8. The second-order valence-corrected chi connectivity index (χ2v) is 32.6. The summed E-state index contributed by atoms with van der Waals surface area (Å²) in [5.41, 5.74) is 30.8. The van der Waals surface area contributed by atoms with E-state index in [1.165, 1.54) is 0 Å². The van der Waals surface area contributed by atoms with Crippen molar-refractivity contribution in [3.63, 3.8) is 0 Å². The molecule has 0 spiro atoms. The van der Waals surface area contributed by atoms with E-state index < -0.39 is 23.0 Å². The first-order valence-electron chi connectivity index (χ1n) is 42.5. The number of anilines is 1. The molecular weight excluding hydrogens is 1680 g/mol. The first-order chi connectivity index (χ1) is 63.6.